The van der Waals surface area contributed by atoms with Crippen LogP contribution in [-0.4, -0.2) is 37.5 Å². The number of amides is 2. The van der Waals surface area contributed by atoms with E-state index < -0.39 is 0 Å². The van der Waals surface area contributed by atoms with E-state index in [0.29, 0.717) is 36.9 Å². The van der Waals surface area contributed by atoms with E-state index >= 15 is 0 Å². The molecule has 3 N–H and O–H groups in total. The first-order chi connectivity index (χ1) is 8.74. The summed E-state index contributed by atoms with van der Waals surface area (Å²) < 4.78 is 5.06. The Bertz CT molecular complexity index is 374. The second-order valence-corrected chi connectivity index (χ2v) is 3.96. The van der Waals surface area contributed by atoms with E-state index in [1.165, 1.54) is 0 Å². The van der Waals surface area contributed by atoms with Gasteiger partial charge in [-0.05, 0) is 18.6 Å². The Morgan fingerprint density at radius 3 is 2.83 bits per heavy atom. The number of benzene rings is 1. The van der Waals surface area contributed by atoms with Crippen molar-refractivity contribution in [2.24, 2.45) is 0 Å². The van der Waals surface area contributed by atoms with Gasteiger partial charge in [-0.15, -0.1) is 0 Å². The molecule has 0 saturated heterocycles. The van der Waals surface area contributed by atoms with Crippen LogP contribution in [0.5, 0.6) is 0 Å². The summed E-state index contributed by atoms with van der Waals surface area (Å²) in [7, 11) is 0. The topological polar surface area (TPSA) is 70.6 Å². The van der Waals surface area contributed by atoms with Gasteiger partial charge in [-0.1, -0.05) is 23.7 Å². The first-order valence-corrected chi connectivity index (χ1v) is 6.10. The minimum absolute atomic E-state index is 0.0143. The van der Waals surface area contributed by atoms with Crippen molar-refractivity contribution in [3.8, 4) is 0 Å². The molecule has 6 heteroatoms. The second-order valence-electron chi connectivity index (χ2n) is 3.55. The summed E-state index contributed by atoms with van der Waals surface area (Å²) in [6.07, 6.45) is 0.690. The largest absolute Gasteiger partial charge is 0.394 e. The third-order valence-electron chi connectivity index (χ3n) is 2.11. The molecule has 1 aromatic rings. The number of ether oxygens (including phenoxy) is 1. The minimum atomic E-state index is -0.301. The third-order valence-corrected chi connectivity index (χ3v) is 2.44. The number of carbonyl (C=O) groups excluding carboxylic acids is 1. The zero-order valence-electron chi connectivity index (χ0n) is 9.99. The Hall–Kier alpha value is -1.30. The molecule has 5 nitrogen and oxygen atoms in total. The molecular formula is C12H17ClN2O3. The molecule has 0 saturated carbocycles. The van der Waals surface area contributed by atoms with Gasteiger partial charge >= 0.3 is 6.03 Å². The fraction of sp³-hybridized carbons (Fsp3) is 0.417. The van der Waals surface area contributed by atoms with Gasteiger partial charge < -0.3 is 20.5 Å². The van der Waals surface area contributed by atoms with E-state index in [-0.39, 0.29) is 12.6 Å². The fourth-order valence-electron chi connectivity index (χ4n) is 1.27. The molecule has 0 aliphatic heterocycles. The van der Waals surface area contributed by atoms with Crippen LogP contribution in [0, 0.1) is 0 Å². The average Bonchev–Trinajstić information content (AvgIpc) is 2.36. The molecule has 1 aromatic carbocycles. The quantitative estimate of drug-likeness (QED) is 0.664. The molecule has 0 aliphatic carbocycles. The summed E-state index contributed by atoms with van der Waals surface area (Å²) in [6, 6.07) is 6.73. The maximum Gasteiger partial charge on any atom is 0.319 e. The molecule has 0 aromatic heterocycles. The van der Waals surface area contributed by atoms with Gasteiger partial charge in [0.25, 0.3) is 0 Å². The second kappa shape index (κ2) is 8.74. The molecule has 0 bridgehead atoms. The van der Waals surface area contributed by atoms with E-state index in [1.807, 2.05) is 0 Å². The first-order valence-electron chi connectivity index (χ1n) is 5.72. The van der Waals surface area contributed by atoms with Gasteiger partial charge in [0.2, 0.25) is 0 Å². The van der Waals surface area contributed by atoms with Gasteiger partial charge in [-0.25, -0.2) is 4.79 Å². The number of rotatable bonds is 7. The summed E-state index contributed by atoms with van der Waals surface area (Å²) in [6.45, 7) is 1.35. The minimum Gasteiger partial charge on any atom is -0.394 e. The first kappa shape index (κ1) is 14.8. The number of hydrogen-bond donors (Lipinski definition) is 3. The summed E-state index contributed by atoms with van der Waals surface area (Å²) in [5.74, 6) is 0. The highest BCUT2D eigenvalue weighted by Crippen LogP contribution is 2.19. The Kier molecular flexibility index (Phi) is 7.17. The number of urea groups is 1. The molecule has 0 unspecified atom stereocenters. The van der Waals surface area contributed by atoms with Crippen molar-refractivity contribution in [2.75, 3.05) is 31.7 Å². The SMILES string of the molecule is O=C(NCCCOCCO)Nc1ccccc1Cl. The Balaban J connectivity index is 2.16. The fourth-order valence-corrected chi connectivity index (χ4v) is 1.45. The third kappa shape index (κ3) is 5.86. The van der Waals surface area contributed by atoms with Crippen molar-refractivity contribution >= 4 is 23.3 Å². The lowest BCUT2D eigenvalue weighted by atomic mass is 10.3. The number of aliphatic hydroxyl groups is 1. The van der Waals surface area contributed by atoms with Crippen molar-refractivity contribution in [1.29, 1.82) is 0 Å². The zero-order chi connectivity index (χ0) is 13.2. The van der Waals surface area contributed by atoms with Crippen molar-refractivity contribution in [2.45, 2.75) is 6.42 Å². The van der Waals surface area contributed by atoms with E-state index in [9.17, 15) is 4.79 Å². The lowest BCUT2D eigenvalue weighted by molar-refractivity contribution is 0.0910. The van der Waals surface area contributed by atoms with E-state index in [4.69, 9.17) is 21.4 Å². The molecule has 2 amide bonds. The highest BCUT2D eigenvalue weighted by atomic mass is 35.5. The molecular weight excluding hydrogens is 256 g/mol. The normalized spacial score (nSPS) is 10.1. The Morgan fingerprint density at radius 2 is 2.11 bits per heavy atom. The number of aliphatic hydroxyl groups excluding tert-OH is 1. The number of halogens is 1. The molecule has 0 radical (unpaired) electrons. The number of nitrogens with one attached hydrogen (secondary N) is 2. The van der Waals surface area contributed by atoms with Gasteiger partial charge in [0, 0.05) is 13.2 Å². The van der Waals surface area contributed by atoms with Gasteiger partial charge in [0.05, 0.1) is 23.9 Å². The smallest absolute Gasteiger partial charge is 0.319 e. The number of anilines is 1. The van der Waals surface area contributed by atoms with E-state index in [1.54, 1.807) is 24.3 Å². The summed E-state index contributed by atoms with van der Waals surface area (Å²) >= 11 is 5.90. The summed E-state index contributed by atoms with van der Waals surface area (Å²) in [5.41, 5.74) is 0.577. The summed E-state index contributed by atoms with van der Waals surface area (Å²) in [5, 5.41) is 14.3. The Labute approximate surface area is 111 Å². The number of carbonyl (C=O) groups is 1. The number of hydrogen-bond acceptors (Lipinski definition) is 3. The predicted molar refractivity (Wildman–Crippen MR) is 71.0 cm³/mol. The lowest BCUT2D eigenvalue weighted by Crippen LogP contribution is -2.30. The van der Waals surface area contributed by atoms with Crippen LogP contribution in [-0.2, 0) is 4.74 Å². The maximum atomic E-state index is 11.5. The van der Waals surface area contributed by atoms with Crippen LogP contribution in [0.25, 0.3) is 0 Å². The highest BCUT2D eigenvalue weighted by Gasteiger charge is 2.03. The van der Waals surface area contributed by atoms with Crippen LogP contribution < -0.4 is 10.6 Å². The van der Waals surface area contributed by atoms with E-state index in [2.05, 4.69) is 10.6 Å². The van der Waals surface area contributed by atoms with Gasteiger partial charge in [-0.3, -0.25) is 0 Å². The molecule has 100 valence electrons. The van der Waals surface area contributed by atoms with Crippen LogP contribution >= 0.6 is 11.6 Å². The van der Waals surface area contributed by atoms with Crippen molar-refractivity contribution in [3.63, 3.8) is 0 Å². The molecule has 0 heterocycles. The zero-order valence-corrected chi connectivity index (χ0v) is 10.7. The lowest BCUT2D eigenvalue weighted by Gasteiger charge is -2.08. The van der Waals surface area contributed by atoms with Gasteiger partial charge in [-0.2, -0.15) is 0 Å². The molecule has 0 fully saturated rings. The van der Waals surface area contributed by atoms with Crippen molar-refractivity contribution in [3.05, 3.63) is 29.3 Å². The molecule has 18 heavy (non-hydrogen) atoms. The molecule has 0 aliphatic rings. The summed E-state index contributed by atoms with van der Waals surface area (Å²) in [4.78, 5) is 11.5. The van der Waals surface area contributed by atoms with Gasteiger partial charge in [0.15, 0.2) is 0 Å². The Morgan fingerprint density at radius 1 is 1.33 bits per heavy atom. The number of para-hydroxylation sites is 1. The van der Waals surface area contributed by atoms with Crippen LogP contribution in [0.4, 0.5) is 10.5 Å². The molecule has 0 spiro atoms. The van der Waals surface area contributed by atoms with E-state index in [0.717, 1.165) is 0 Å². The molecule has 0 atom stereocenters. The maximum absolute atomic E-state index is 11.5. The van der Waals surface area contributed by atoms with Crippen LogP contribution in [0.15, 0.2) is 24.3 Å². The highest BCUT2D eigenvalue weighted by molar-refractivity contribution is 6.33. The monoisotopic (exact) mass is 272 g/mol. The van der Waals surface area contributed by atoms with Gasteiger partial charge in [0.1, 0.15) is 0 Å². The molecule has 1 rings (SSSR count). The van der Waals surface area contributed by atoms with Crippen LogP contribution in [0.3, 0.4) is 0 Å². The predicted octanol–water partition coefficient (Wildman–Crippen LogP) is 1.86. The average molecular weight is 273 g/mol. The standard InChI is InChI=1S/C12H17ClN2O3/c13-10-4-1-2-5-11(10)15-12(17)14-6-3-8-18-9-7-16/h1-2,4-5,16H,3,6-9H2,(H2,14,15,17). The van der Waals surface area contributed by atoms with Crippen molar-refractivity contribution in [1.82, 2.24) is 5.32 Å². The van der Waals surface area contributed by atoms with Crippen molar-refractivity contribution < 1.29 is 14.6 Å². The van der Waals surface area contributed by atoms with Crippen LogP contribution in [0.2, 0.25) is 5.02 Å². The van der Waals surface area contributed by atoms with Crippen LogP contribution in [0.1, 0.15) is 6.42 Å².